The molecule has 0 fully saturated rings. The molecule has 1 aliphatic rings. The lowest BCUT2D eigenvalue weighted by atomic mass is 10.00. The number of anilines is 1. The Labute approximate surface area is 140 Å². The van der Waals surface area contributed by atoms with E-state index < -0.39 is 0 Å². The Balaban J connectivity index is 1.61. The van der Waals surface area contributed by atoms with E-state index in [1.165, 1.54) is 35.0 Å². The predicted octanol–water partition coefficient (Wildman–Crippen LogP) is 3.63. The molecule has 3 N–H and O–H groups in total. The summed E-state index contributed by atoms with van der Waals surface area (Å²) in [6, 6.07) is 16.5. The highest BCUT2D eigenvalue weighted by molar-refractivity contribution is 8.13. The summed E-state index contributed by atoms with van der Waals surface area (Å²) < 4.78 is 0. The van der Waals surface area contributed by atoms with Crippen LogP contribution < -0.4 is 11.1 Å². The van der Waals surface area contributed by atoms with E-state index in [0.717, 1.165) is 24.3 Å². The van der Waals surface area contributed by atoms with Crippen LogP contribution in [-0.2, 0) is 12.2 Å². The minimum absolute atomic E-state index is 0.475. The van der Waals surface area contributed by atoms with E-state index in [4.69, 9.17) is 5.73 Å². The quantitative estimate of drug-likeness (QED) is 0.513. The lowest BCUT2D eigenvalue weighted by molar-refractivity contribution is 0.830. The van der Waals surface area contributed by atoms with Crippen LogP contribution in [0.4, 0.5) is 5.69 Å². The van der Waals surface area contributed by atoms with Crippen molar-refractivity contribution in [2.75, 3.05) is 11.9 Å². The monoisotopic (exact) mass is 324 g/mol. The van der Waals surface area contributed by atoms with E-state index in [-0.39, 0.29) is 0 Å². The summed E-state index contributed by atoms with van der Waals surface area (Å²) in [4.78, 5) is 0. The third kappa shape index (κ3) is 4.36. The van der Waals surface area contributed by atoms with Crippen LogP contribution in [0, 0.1) is 0 Å². The Bertz CT molecular complexity index is 710. The van der Waals surface area contributed by atoms with Gasteiger partial charge >= 0.3 is 0 Å². The van der Waals surface area contributed by atoms with Crippen LogP contribution in [0.2, 0.25) is 0 Å². The molecule has 1 aliphatic heterocycles. The van der Waals surface area contributed by atoms with Crippen molar-refractivity contribution >= 4 is 28.8 Å². The summed E-state index contributed by atoms with van der Waals surface area (Å²) in [5.41, 5.74) is 10.7. The highest BCUT2D eigenvalue weighted by Crippen LogP contribution is 2.24. The van der Waals surface area contributed by atoms with Gasteiger partial charge in [0.15, 0.2) is 5.17 Å². The van der Waals surface area contributed by atoms with Gasteiger partial charge in [-0.3, -0.25) is 0 Å². The average Bonchev–Trinajstić information content (AvgIpc) is 2.61. The summed E-state index contributed by atoms with van der Waals surface area (Å²) in [5.74, 6) is 0.800. The molecule has 0 spiro atoms. The summed E-state index contributed by atoms with van der Waals surface area (Å²) >= 11 is 1.49. The van der Waals surface area contributed by atoms with Crippen LogP contribution in [0.5, 0.6) is 0 Å². The maximum atomic E-state index is 5.91. The lowest BCUT2D eigenvalue weighted by Gasteiger charge is -2.19. The smallest absolute Gasteiger partial charge is 0.180 e. The van der Waals surface area contributed by atoms with E-state index in [2.05, 4.69) is 39.8 Å². The van der Waals surface area contributed by atoms with Gasteiger partial charge in [0, 0.05) is 23.5 Å². The van der Waals surface area contributed by atoms with Crippen molar-refractivity contribution in [1.29, 1.82) is 0 Å². The van der Waals surface area contributed by atoms with Crippen molar-refractivity contribution in [2.24, 2.45) is 15.9 Å². The molecule has 3 rings (SSSR count). The number of amidine groups is 1. The molecule has 0 aromatic heterocycles. The van der Waals surface area contributed by atoms with Gasteiger partial charge in [-0.15, -0.1) is 5.10 Å². The number of hydrogen-bond donors (Lipinski definition) is 2. The fourth-order valence-corrected chi connectivity index (χ4v) is 3.16. The zero-order chi connectivity index (χ0) is 15.9. The van der Waals surface area contributed by atoms with Gasteiger partial charge in [0.2, 0.25) is 0 Å². The molecule has 0 atom stereocenters. The second kappa shape index (κ2) is 7.83. The van der Waals surface area contributed by atoms with Gasteiger partial charge in [-0.1, -0.05) is 60.3 Å². The number of fused-ring (bicyclic) bond motifs is 1. The van der Waals surface area contributed by atoms with Gasteiger partial charge in [-0.2, -0.15) is 5.10 Å². The number of thioether (sulfide) groups is 1. The number of aryl methyl sites for hydroxylation is 1. The molecule has 2 aromatic carbocycles. The standard InChI is InChI=1S/C18H20N4S/c19-18(23-13-14-6-2-1-3-7-14)22-21-12-16-9-4-8-15-10-5-11-20-17(15)16/h1-4,6-9,12,20H,5,10-11,13H2,(H2,19,22). The van der Waals surface area contributed by atoms with Gasteiger partial charge in [-0.05, 0) is 24.0 Å². The number of rotatable bonds is 4. The Morgan fingerprint density at radius 3 is 2.91 bits per heavy atom. The van der Waals surface area contributed by atoms with Gasteiger partial charge in [0.05, 0.1) is 6.21 Å². The molecule has 0 amide bonds. The summed E-state index contributed by atoms with van der Waals surface area (Å²) in [6.45, 7) is 1.01. The number of nitrogens with two attached hydrogens (primary N) is 1. The molecular formula is C18H20N4S. The molecule has 5 heteroatoms. The van der Waals surface area contributed by atoms with Gasteiger partial charge < -0.3 is 11.1 Å². The van der Waals surface area contributed by atoms with E-state index in [0.29, 0.717) is 5.17 Å². The summed E-state index contributed by atoms with van der Waals surface area (Å²) in [6.07, 6.45) is 4.06. The van der Waals surface area contributed by atoms with Crippen LogP contribution in [0.15, 0.2) is 58.7 Å². The maximum Gasteiger partial charge on any atom is 0.180 e. The molecule has 2 aromatic rings. The molecule has 0 aliphatic carbocycles. The van der Waals surface area contributed by atoms with Gasteiger partial charge in [-0.25, -0.2) is 0 Å². The van der Waals surface area contributed by atoms with E-state index >= 15 is 0 Å². The Morgan fingerprint density at radius 2 is 2.04 bits per heavy atom. The first kappa shape index (κ1) is 15.6. The van der Waals surface area contributed by atoms with Crippen molar-refractivity contribution < 1.29 is 0 Å². The van der Waals surface area contributed by atoms with E-state index in [1.54, 1.807) is 6.21 Å². The fourth-order valence-electron chi connectivity index (χ4n) is 2.55. The number of nitrogens with zero attached hydrogens (tertiary/aromatic N) is 2. The Kier molecular flexibility index (Phi) is 5.32. The maximum absolute atomic E-state index is 5.91. The molecule has 0 saturated carbocycles. The largest absolute Gasteiger partial charge is 0.384 e. The van der Waals surface area contributed by atoms with E-state index in [9.17, 15) is 0 Å². The first-order chi connectivity index (χ1) is 11.3. The molecule has 0 bridgehead atoms. The van der Waals surface area contributed by atoms with E-state index in [1.807, 2.05) is 24.3 Å². The van der Waals surface area contributed by atoms with Crippen LogP contribution in [0.25, 0.3) is 0 Å². The zero-order valence-corrected chi connectivity index (χ0v) is 13.7. The van der Waals surface area contributed by atoms with Gasteiger partial charge in [0.1, 0.15) is 0 Å². The topological polar surface area (TPSA) is 62.8 Å². The van der Waals surface area contributed by atoms with Gasteiger partial charge in [0.25, 0.3) is 0 Å². The minimum atomic E-state index is 0.475. The zero-order valence-electron chi connectivity index (χ0n) is 12.9. The van der Waals surface area contributed by atoms with Crippen LogP contribution in [0.3, 0.4) is 0 Å². The lowest BCUT2D eigenvalue weighted by Crippen LogP contribution is -2.13. The van der Waals surface area contributed by atoms with Crippen molar-refractivity contribution in [2.45, 2.75) is 18.6 Å². The SMILES string of the molecule is NC(=NN=Cc1cccc2c1NCCC2)SCc1ccccc1. The van der Waals surface area contributed by atoms with Crippen LogP contribution in [-0.4, -0.2) is 17.9 Å². The van der Waals surface area contributed by atoms with Crippen molar-refractivity contribution in [1.82, 2.24) is 0 Å². The van der Waals surface area contributed by atoms with Crippen molar-refractivity contribution in [3.05, 3.63) is 65.2 Å². The molecule has 118 valence electrons. The molecule has 0 radical (unpaired) electrons. The minimum Gasteiger partial charge on any atom is -0.384 e. The number of benzene rings is 2. The highest BCUT2D eigenvalue weighted by atomic mass is 32.2. The molecular weight excluding hydrogens is 304 g/mol. The van der Waals surface area contributed by atoms with Crippen molar-refractivity contribution in [3.8, 4) is 0 Å². The first-order valence-corrected chi connectivity index (χ1v) is 8.70. The van der Waals surface area contributed by atoms with Crippen LogP contribution >= 0.6 is 11.8 Å². The fraction of sp³-hybridized carbons (Fsp3) is 0.222. The second-order valence-electron chi connectivity index (χ2n) is 5.37. The van der Waals surface area contributed by atoms with Crippen molar-refractivity contribution in [3.63, 3.8) is 0 Å². The predicted molar refractivity (Wildman–Crippen MR) is 100 cm³/mol. The normalized spacial score (nSPS) is 14.5. The summed E-state index contributed by atoms with van der Waals surface area (Å²) in [5, 5.41) is 12.1. The Morgan fingerprint density at radius 1 is 1.17 bits per heavy atom. The summed E-state index contributed by atoms with van der Waals surface area (Å²) in [7, 11) is 0. The number of nitrogens with one attached hydrogen (secondary N) is 1. The Hall–Kier alpha value is -2.27. The average molecular weight is 324 g/mol. The highest BCUT2D eigenvalue weighted by Gasteiger charge is 2.10. The molecule has 0 unspecified atom stereocenters. The molecule has 1 heterocycles. The molecule has 0 saturated heterocycles. The third-order valence-corrected chi connectivity index (χ3v) is 4.55. The molecule has 4 nitrogen and oxygen atoms in total. The number of para-hydroxylation sites is 1. The van der Waals surface area contributed by atoms with Crippen LogP contribution in [0.1, 0.15) is 23.1 Å². The third-order valence-electron chi connectivity index (χ3n) is 3.69. The molecule has 23 heavy (non-hydrogen) atoms. The first-order valence-electron chi connectivity index (χ1n) is 7.72. The number of hydrogen-bond acceptors (Lipinski definition) is 4. The second-order valence-corrected chi connectivity index (χ2v) is 6.36.